The molecule has 0 saturated carbocycles. The van der Waals surface area contributed by atoms with Gasteiger partial charge in [-0.05, 0) is 12.8 Å². The van der Waals surface area contributed by atoms with Crippen LogP contribution in [0.5, 0.6) is 0 Å². The predicted molar refractivity (Wildman–Crippen MR) is 113 cm³/mol. The van der Waals surface area contributed by atoms with Crippen LogP contribution in [0.25, 0.3) is 0 Å². The zero-order valence-electron chi connectivity index (χ0n) is 19.4. The highest BCUT2D eigenvalue weighted by molar-refractivity contribution is 5.67. The zero-order chi connectivity index (χ0) is 21.7. The Balaban J connectivity index is 1.81. The minimum Gasteiger partial charge on any atom is -0.440 e. The molecule has 0 N–H and O–H groups in total. The van der Waals surface area contributed by atoms with Gasteiger partial charge in [0.1, 0.15) is 13.1 Å². The van der Waals surface area contributed by atoms with Crippen LogP contribution in [0.15, 0.2) is 0 Å². The van der Waals surface area contributed by atoms with Gasteiger partial charge in [0.05, 0.1) is 40.3 Å². The van der Waals surface area contributed by atoms with Crippen LogP contribution in [0, 0.1) is 0 Å². The van der Waals surface area contributed by atoms with Gasteiger partial charge in [0.25, 0.3) is 0 Å². The van der Waals surface area contributed by atoms with E-state index in [0.717, 1.165) is 80.3 Å². The van der Waals surface area contributed by atoms with Gasteiger partial charge in [-0.1, -0.05) is 0 Å². The highest BCUT2D eigenvalue weighted by atomic mass is 16.6. The Bertz CT molecular complexity index is 523. The van der Waals surface area contributed by atoms with Crippen molar-refractivity contribution in [2.75, 3.05) is 81.6 Å². The van der Waals surface area contributed by atoms with Gasteiger partial charge in [0.15, 0.2) is 12.2 Å². The third-order valence-corrected chi connectivity index (χ3v) is 6.40. The number of rotatable bonds is 6. The SMILES string of the molecule is CN(C)C(=O)O[C@H]1CCC[N+](C)(CCC[N+]2(C)CCC[C@H](OC(=O)N(C)C)C2)C1. The first-order valence-corrected chi connectivity index (χ1v) is 10.9. The summed E-state index contributed by atoms with van der Waals surface area (Å²) in [5.41, 5.74) is 0. The van der Waals surface area contributed by atoms with Crippen LogP contribution in [0.2, 0.25) is 0 Å². The molecule has 168 valence electrons. The number of carbonyl (C=O) groups excluding carboxylic acids is 2. The summed E-state index contributed by atoms with van der Waals surface area (Å²) in [5, 5.41) is 0. The summed E-state index contributed by atoms with van der Waals surface area (Å²) in [5.74, 6) is 0. The Morgan fingerprint density at radius 3 is 1.52 bits per heavy atom. The van der Waals surface area contributed by atoms with Gasteiger partial charge in [0, 0.05) is 47.5 Å². The molecule has 2 aliphatic heterocycles. The molecule has 8 heteroatoms. The Morgan fingerprint density at radius 2 is 1.17 bits per heavy atom. The molecule has 0 aromatic rings. The van der Waals surface area contributed by atoms with E-state index in [4.69, 9.17) is 9.47 Å². The van der Waals surface area contributed by atoms with E-state index in [0.29, 0.717) is 0 Å². The van der Waals surface area contributed by atoms with E-state index in [2.05, 4.69) is 14.1 Å². The molecular weight excluding hydrogens is 372 g/mol. The molecule has 0 radical (unpaired) electrons. The van der Waals surface area contributed by atoms with E-state index < -0.39 is 0 Å². The first-order valence-electron chi connectivity index (χ1n) is 10.9. The Hall–Kier alpha value is -1.54. The average Bonchev–Trinajstić information content (AvgIpc) is 2.61. The summed E-state index contributed by atoms with van der Waals surface area (Å²) < 4.78 is 13.2. The van der Waals surface area contributed by atoms with E-state index in [9.17, 15) is 9.59 Å². The van der Waals surface area contributed by atoms with Crippen LogP contribution in [0.3, 0.4) is 0 Å². The summed E-state index contributed by atoms with van der Waals surface area (Å²) in [7, 11) is 11.5. The summed E-state index contributed by atoms with van der Waals surface area (Å²) >= 11 is 0. The maximum absolute atomic E-state index is 11.9. The molecule has 0 spiro atoms. The predicted octanol–water partition coefficient (Wildman–Crippen LogP) is 1.99. The van der Waals surface area contributed by atoms with Gasteiger partial charge >= 0.3 is 12.2 Å². The number of hydrogen-bond donors (Lipinski definition) is 0. The molecule has 29 heavy (non-hydrogen) atoms. The standard InChI is InChI=1S/C21H42N4O4/c1-22(2)20(26)28-18-10-7-12-24(5,16-18)14-9-15-25(6)13-8-11-19(17-25)29-21(27)23(3)4/h18-19H,7-17H2,1-6H3/q+2/t18-,19-,24?,25?/m0/s1. The molecule has 8 nitrogen and oxygen atoms in total. The number of nitrogens with zero attached hydrogens (tertiary/aromatic N) is 4. The molecule has 0 aliphatic carbocycles. The van der Waals surface area contributed by atoms with Crippen LogP contribution < -0.4 is 0 Å². The van der Waals surface area contributed by atoms with E-state index in [1.54, 1.807) is 28.2 Å². The quantitative estimate of drug-likeness (QED) is 0.624. The molecule has 2 saturated heterocycles. The maximum atomic E-state index is 11.9. The number of quaternary nitrogens is 2. The largest absolute Gasteiger partial charge is 0.440 e. The van der Waals surface area contributed by atoms with Gasteiger partial charge < -0.3 is 28.2 Å². The van der Waals surface area contributed by atoms with Crippen molar-refractivity contribution < 1.29 is 28.0 Å². The van der Waals surface area contributed by atoms with Crippen molar-refractivity contribution in [2.24, 2.45) is 0 Å². The summed E-state index contributed by atoms with van der Waals surface area (Å²) in [6, 6.07) is 0. The topological polar surface area (TPSA) is 59.1 Å². The monoisotopic (exact) mass is 414 g/mol. The van der Waals surface area contributed by atoms with Crippen molar-refractivity contribution in [3.05, 3.63) is 0 Å². The van der Waals surface area contributed by atoms with Gasteiger partial charge in [0.2, 0.25) is 0 Å². The smallest absolute Gasteiger partial charge is 0.409 e. The number of amides is 2. The lowest BCUT2D eigenvalue weighted by Gasteiger charge is -2.43. The highest BCUT2D eigenvalue weighted by Gasteiger charge is 2.36. The molecular formula is C21H42N4O4+2. The van der Waals surface area contributed by atoms with Crippen LogP contribution in [-0.2, 0) is 9.47 Å². The van der Waals surface area contributed by atoms with Crippen LogP contribution in [-0.4, -0.2) is 125 Å². The van der Waals surface area contributed by atoms with E-state index >= 15 is 0 Å². The van der Waals surface area contributed by atoms with Crippen LogP contribution >= 0.6 is 0 Å². The Labute approximate surface area is 176 Å². The number of ether oxygens (including phenoxy) is 2. The van der Waals surface area contributed by atoms with Gasteiger partial charge in [-0.2, -0.15) is 0 Å². The highest BCUT2D eigenvalue weighted by Crippen LogP contribution is 2.23. The number of hydrogen-bond acceptors (Lipinski definition) is 4. The summed E-state index contributed by atoms with van der Waals surface area (Å²) in [4.78, 5) is 26.8. The second kappa shape index (κ2) is 9.98. The van der Waals surface area contributed by atoms with Gasteiger partial charge in [-0.3, -0.25) is 0 Å². The molecule has 2 fully saturated rings. The van der Waals surface area contributed by atoms with Crippen molar-refractivity contribution in [3.8, 4) is 0 Å². The fourth-order valence-corrected chi connectivity index (χ4v) is 4.68. The summed E-state index contributed by atoms with van der Waals surface area (Å²) in [6.07, 6.45) is 4.76. The molecule has 0 aromatic heterocycles. The molecule has 0 aromatic carbocycles. The number of likely N-dealkylation sites (N-methyl/N-ethyl adjacent to an activating group) is 2. The van der Waals surface area contributed by atoms with Gasteiger partial charge in [-0.25, -0.2) is 9.59 Å². The van der Waals surface area contributed by atoms with Crippen molar-refractivity contribution in [3.63, 3.8) is 0 Å². The molecule has 2 unspecified atom stereocenters. The maximum Gasteiger partial charge on any atom is 0.409 e. The Morgan fingerprint density at radius 1 is 0.793 bits per heavy atom. The minimum absolute atomic E-state index is 0.0123. The second-order valence-corrected chi connectivity index (χ2v) is 9.94. The van der Waals surface area contributed by atoms with Crippen molar-refractivity contribution >= 4 is 12.2 Å². The van der Waals surface area contributed by atoms with E-state index in [1.807, 2.05) is 0 Å². The molecule has 2 aliphatic rings. The average molecular weight is 415 g/mol. The lowest BCUT2D eigenvalue weighted by Crippen LogP contribution is -2.57. The number of piperidine rings is 2. The molecule has 2 rings (SSSR count). The molecule has 0 bridgehead atoms. The van der Waals surface area contributed by atoms with Gasteiger partial charge in [-0.15, -0.1) is 0 Å². The van der Waals surface area contributed by atoms with Crippen molar-refractivity contribution in [1.29, 1.82) is 0 Å². The first kappa shape index (κ1) is 23.7. The zero-order valence-corrected chi connectivity index (χ0v) is 19.4. The minimum atomic E-state index is -0.242. The molecule has 4 atom stereocenters. The van der Waals surface area contributed by atoms with E-state index in [1.165, 1.54) is 9.80 Å². The molecule has 2 amide bonds. The third kappa shape index (κ3) is 7.33. The first-order chi connectivity index (χ1) is 13.5. The molecule has 2 heterocycles. The lowest BCUT2D eigenvalue weighted by atomic mass is 10.0. The Kier molecular flexibility index (Phi) is 8.17. The summed E-state index contributed by atoms with van der Waals surface area (Å²) in [6.45, 7) is 6.25. The second-order valence-electron chi connectivity index (χ2n) is 9.94. The van der Waals surface area contributed by atoms with E-state index in [-0.39, 0.29) is 24.4 Å². The lowest BCUT2D eigenvalue weighted by molar-refractivity contribution is -0.935. The third-order valence-electron chi connectivity index (χ3n) is 6.40. The van der Waals surface area contributed by atoms with Crippen LogP contribution in [0.1, 0.15) is 32.1 Å². The van der Waals surface area contributed by atoms with Crippen LogP contribution in [0.4, 0.5) is 9.59 Å². The fourth-order valence-electron chi connectivity index (χ4n) is 4.68. The van der Waals surface area contributed by atoms with Crippen molar-refractivity contribution in [1.82, 2.24) is 9.80 Å². The van der Waals surface area contributed by atoms with Crippen molar-refractivity contribution in [2.45, 2.75) is 44.3 Å². The number of likely N-dealkylation sites (tertiary alicyclic amines) is 2. The fraction of sp³-hybridized carbons (Fsp3) is 0.905. The normalized spacial score (nSPS) is 32.3. The number of carbonyl (C=O) groups is 2.